The number of carbonyl (C=O) groups is 2. The van der Waals surface area contributed by atoms with Gasteiger partial charge in [-0.1, -0.05) is 17.8 Å². The molecule has 1 aromatic carbocycles. The molecule has 140 valence electrons. The lowest BCUT2D eigenvalue weighted by atomic mass is 10.1. The number of Topliss-reactive ketones (excluding diaryl/α,β-unsaturated/α-hetero) is 1. The zero-order valence-corrected chi connectivity index (χ0v) is 16.4. The summed E-state index contributed by atoms with van der Waals surface area (Å²) in [6.45, 7) is 1.33. The number of nitrogens with one attached hydrogen (secondary N) is 1. The lowest BCUT2D eigenvalue weighted by Crippen LogP contribution is -2.09. The van der Waals surface area contributed by atoms with E-state index >= 15 is 0 Å². The lowest BCUT2D eigenvalue weighted by Gasteiger charge is -2.06. The van der Waals surface area contributed by atoms with Crippen LogP contribution in [0.15, 0.2) is 40.9 Å². The van der Waals surface area contributed by atoms with E-state index in [2.05, 4.69) is 15.5 Å². The Balaban J connectivity index is 1.64. The molecule has 0 bridgehead atoms. The Bertz CT molecular complexity index is 970. The number of amides is 1. The third-order valence-electron chi connectivity index (χ3n) is 3.76. The molecule has 2 aromatic heterocycles. The van der Waals surface area contributed by atoms with Crippen LogP contribution in [-0.2, 0) is 18.3 Å². The van der Waals surface area contributed by atoms with Crippen molar-refractivity contribution in [3.63, 3.8) is 0 Å². The van der Waals surface area contributed by atoms with Gasteiger partial charge in [0.05, 0.1) is 11.3 Å². The van der Waals surface area contributed by atoms with Crippen molar-refractivity contribution in [1.82, 2.24) is 14.8 Å². The Hall–Kier alpha value is -2.52. The fourth-order valence-electron chi connectivity index (χ4n) is 2.42. The van der Waals surface area contributed by atoms with Crippen molar-refractivity contribution in [3.05, 3.63) is 57.8 Å². The highest BCUT2D eigenvalue weighted by atomic mass is 32.2. The Morgan fingerprint density at radius 3 is 2.78 bits per heavy atom. The Kier molecular flexibility index (Phi) is 6.02. The zero-order valence-electron chi connectivity index (χ0n) is 14.7. The Labute approximate surface area is 163 Å². The average molecular weight is 404 g/mol. The fourth-order valence-corrected chi connectivity index (χ4v) is 3.94. The number of carbonyl (C=O) groups excluding carboxylic acids is 2. The van der Waals surface area contributed by atoms with Gasteiger partial charge in [0.25, 0.3) is 0 Å². The normalized spacial score (nSPS) is 10.8. The standard InChI is InChI=1S/C18H17FN4O2S2/c1-11(24)20-12-5-6-14(15(19)8-12)16(25)10-27-18-22-21-17(23(18)2)9-13-4-3-7-26-13/h3-8H,9-10H2,1-2H3,(H,20,24). The van der Waals surface area contributed by atoms with Gasteiger partial charge in [-0.25, -0.2) is 4.39 Å². The van der Waals surface area contributed by atoms with Crippen LogP contribution in [0.3, 0.4) is 0 Å². The minimum absolute atomic E-state index is 0.0161. The molecule has 6 nitrogen and oxygen atoms in total. The second-order valence-corrected chi connectivity index (χ2v) is 7.78. The van der Waals surface area contributed by atoms with Crippen LogP contribution in [0.4, 0.5) is 10.1 Å². The highest BCUT2D eigenvalue weighted by Gasteiger charge is 2.16. The van der Waals surface area contributed by atoms with Gasteiger partial charge in [0.1, 0.15) is 11.6 Å². The monoisotopic (exact) mass is 404 g/mol. The maximum atomic E-state index is 14.2. The largest absolute Gasteiger partial charge is 0.326 e. The summed E-state index contributed by atoms with van der Waals surface area (Å²) < 4.78 is 16.0. The molecule has 0 spiro atoms. The number of benzene rings is 1. The first-order chi connectivity index (χ1) is 12.9. The van der Waals surface area contributed by atoms with E-state index in [0.717, 1.165) is 11.9 Å². The van der Waals surface area contributed by atoms with Gasteiger partial charge in [-0.3, -0.25) is 9.59 Å². The molecule has 0 aliphatic rings. The second-order valence-electron chi connectivity index (χ2n) is 5.80. The van der Waals surface area contributed by atoms with Crippen LogP contribution < -0.4 is 5.32 Å². The van der Waals surface area contributed by atoms with Gasteiger partial charge in [0.2, 0.25) is 5.91 Å². The first-order valence-electron chi connectivity index (χ1n) is 8.08. The van der Waals surface area contributed by atoms with E-state index in [9.17, 15) is 14.0 Å². The third kappa shape index (κ3) is 4.81. The number of thioether (sulfide) groups is 1. The maximum absolute atomic E-state index is 14.2. The van der Waals surface area contributed by atoms with Crippen LogP contribution >= 0.6 is 23.1 Å². The molecular formula is C18H17FN4O2S2. The zero-order chi connectivity index (χ0) is 19.4. The van der Waals surface area contributed by atoms with Gasteiger partial charge in [0, 0.05) is 31.0 Å². The molecule has 0 saturated carbocycles. The van der Waals surface area contributed by atoms with E-state index < -0.39 is 5.82 Å². The molecule has 0 radical (unpaired) electrons. The molecular weight excluding hydrogens is 387 g/mol. The van der Waals surface area contributed by atoms with Crippen LogP contribution in [0.1, 0.15) is 28.0 Å². The minimum Gasteiger partial charge on any atom is -0.326 e. The van der Waals surface area contributed by atoms with Gasteiger partial charge in [-0.05, 0) is 29.6 Å². The molecule has 3 rings (SSSR count). The first-order valence-corrected chi connectivity index (χ1v) is 9.94. The summed E-state index contributed by atoms with van der Waals surface area (Å²) >= 11 is 2.86. The highest BCUT2D eigenvalue weighted by Crippen LogP contribution is 2.22. The van der Waals surface area contributed by atoms with E-state index in [4.69, 9.17) is 0 Å². The molecule has 27 heavy (non-hydrogen) atoms. The number of nitrogens with zero attached hydrogens (tertiary/aromatic N) is 3. The van der Waals surface area contributed by atoms with Crippen molar-refractivity contribution in [3.8, 4) is 0 Å². The number of rotatable bonds is 7. The summed E-state index contributed by atoms with van der Waals surface area (Å²) in [5.41, 5.74) is 0.299. The van der Waals surface area contributed by atoms with Crippen molar-refractivity contribution in [2.24, 2.45) is 7.05 Å². The Morgan fingerprint density at radius 2 is 2.11 bits per heavy atom. The summed E-state index contributed by atoms with van der Waals surface area (Å²) in [5, 5.41) is 13.4. The fraction of sp³-hybridized carbons (Fsp3) is 0.222. The van der Waals surface area contributed by atoms with Gasteiger partial charge >= 0.3 is 0 Å². The summed E-state index contributed by atoms with van der Waals surface area (Å²) in [4.78, 5) is 24.5. The third-order valence-corrected chi connectivity index (χ3v) is 5.66. The van der Waals surface area contributed by atoms with Crippen LogP contribution in [0.25, 0.3) is 0 Å². The van der Waals surface area contributed by atoms with Gasteiger partial charge < -0.3 is 9.88 Å². The molecule has 1 amide bonds. The van der Waals surface area contributed by atoms with Crippen LogP contribution in [-0.4, -0.2) is 32.2 Å². The number of anilines is 1. The first kappa shape index (κ1) is 19.2. The molecule has 0 unspecified atom stereocenters. The number of ketones is 1. The topological polar surface area (TPSA) is 76.9 Å². The predicted molar refractivity (Wildman–Crippen MR) is 104 cm³/mol. The number of hydrogen-bond acceptors (Lipinski definition) is 6. The van der Waals surface area contributed by atoms with Crippen molar-refractivity contribution in [1.29, 1.82) is 0 Å². The summed E-state index contributed by atoms with van der Waals surface area (Å²) in [6.07, 6.45) is 0.676. The molecule has 0 saturated heterocycles. The molecule has 1 N–H and O–H groups in total. The molecule has 0 fully saturated rings. The van der Waals surface area contributed by atoms with Crippen molar-refractivity contribution < 1.29 is 14.0 Å². The summed E-state index contributed by atoms with van der Waals surface area (Å²) in [5.74, 6) is -0.470. The van der Waals surface area contributed by atoms with Crippen molar-refractivity contribution >= 4 is 40.5 Å². The van der Waals surface area contributed by atoms with E-state index in [1.165, 1.54) is 35.7 Å². The highest BCUT2D eigenvalue weighted by molar-refractivity contribution is 7.99. The van der Waals surface area contributed by atoms with E-state index in [0.29, 0.717) is 17.3 Å². The summed E-state index contributed by atoms with van der Waals surface area (Å²) in [7, 11) is 1.85. The quantitative estimate of drug-likeness (QED) is 0.481. The van der Waals surface area contributed by atoms with Crippen molar-refractivity contribution in [2.75, 3.05) is 11.1 Å². The smallest absolute Gasteiger partial charge is 0.221 e. The number of thiophene rings is 1. The second kappa shape index (κ2) is 8.45. The molecule has 2 heterocycles. The van der Waals surface area contributed by atoms with E-state index in [1.54, 1.807) is 11.3 Å². The van der Waals surface area contributed by atoms with Crippen LogP contribution in [0.5, 0.6) is 0 Å². The minimum atomic E-state index is -0.664. The number of halogens is 1. The van der Waals surface area contributed by atoms with Gasteiger partial charge in [0.15, 0.2) is 10.9 Å². The number of hydrogen-bond donors (Lipinski definition) is 1. The molecule has 0 aliphatic carbocycles. The number of aromatic nitrogens is 3. The van der Waals surface area contributed by atoms with Crippen LogP contribution in [0, 0.1) is 5.82 Å². The molecule has 0 atom stereocenters. The average Bonchev–Trinajstić information content (AvgIpc) is 3.24. The molecule has 0 aliphatic heterocycles. The molecule has 9 heteroatoms. The van der Waals surface area contributed by atoms with Gasteiger partial charge in [-0.2, -0.15) is 0 Å². The lowest BCUT2D eigenvalue weighted by molar-refractivity contribution is -0.114. The summed E-state index contributed by atoms with van der Waals surface area (Å²) in [6, 6.07) is 8.03. The van der Waals surface area contributed by atoms with Crippen LogP contribution in [0.2, 0.25) is 0 Å². The van der Waals surface area contributed by atoms with E-state index in [1.807, 2.05) is 29.1 Å². The maximum Gasteiger partial charge on any atom is 0.221 e. The van der Waals surface area contributed by atoms with Gasteiger partial charge in [-0.15, -0.1) is 21.5 Å². The Morgan fingerprint density at radius 1 is 1.30 bits per heavy atom. The van der Waals surface area contributed by atoms with E-state index in [-0.39, 0.29) is 23.0 Å². The SMILES string of the molecule is CC(=O)Nc1ccc(C(=O)CSc2nnc(Cc3cccs3)n2C)c(F)c1. The van der Waals surface area contributed by atoms with Crippen molar-refractivity contribution in [2.45, 2.75) is 18.5 Å². The predicted octanol–water partition coefficient (Wildman–Crippen LogP) is 3.54. The molecule has 3 aromatic rings.